The first-order chi connectivity index (χ1) is 29.3. The summed E-state index contributed by atoms with van der Waals surface area (Å²) >= 11 is 0. The zero-order valence-corrected chi connectivity index (χ0v) is 37.3. The van der Waals surface area contributed by atoms with Crippen LogP contribution in [0.4, 0.5) is 0 Å². The normalized spacial score (nSPS) is 12.3. The number of para-hydroxylation sites is 2. The van der Waals surface area contributed by atoms with Crippen molar-refractivity contribution in [3.8, 4) is 11.5 Å². The van der Waals surface area contributed by atoms with E-state index in [1.165, 1.54) is 77.0 Å². The summed E-state index contributed by atoms with van der Waals surface area (Å²) in [6.45, 7) is 4.16. The van der Waals surface area contributed by atoms with Gasteiger partial charge in [-0.05, 0) is 49.1 Å². The number of carbonyl (C=O) groups excluding carboxylic acids is 3. The Morgan fingerprint density at radius 2 is 1.05 bits per heavy atom. The summed E-state index contributed by atoms with van der Waals surface area (Å²) in [5, 5.41) is 2.81. The lowest BCUT2D eigenvalue weighted by Crippen LogP contribution is -2.43. The van der Waals surface area contributed by atoms with Crippen molar-refractivity contribution < 1.29 is 42.0 Å². The molecule has 0 aromatic heterocycles. The summed E-state index contributed by atoms with van der Waals surface area (Å²) in [6.07, 6.45) is 20.7. The van der Waals surface area contributed by atoms with E-state index in [4.69, 9.17) is 23.0 Å². The van der Waals surface area contributed by atoms with Crippen LogP contribution < -0.4 is 14.4 Å². The molecule has 1 N–H and O–H groups in total. The van der Waals surface area contributed by atoms with E-state index < -0.39 is 31.8 Å². The standard InChI is InChI=1S/C49H72NO9P/c1-3-5-7-9-11-13-15-17-24-36-45(57-48(52)37-29-18-16-14-12-10-8-6-4-2)40-47(51)50-46(49(53)55-41-42-30-22-19-23-31-42)38-39-56-60(54,58-43-32-25-20-26-33-43)59-44-34-27-21-28-35-44/h19-23,25-28,30-35,45-46H,3-18,24,29,36-41H2,1-2H3,(H,50,51)/t45-,46?/m1/s1. The Labute approximate surface area is 360 Å². The van der Waals surface area contributed by atoms with Crippen LogP contribution in [-0.2, 0) is 39.6 Å². The SMILES string of the molecule is CCCCCCCCCCCC(=O)O[C@H](CCCCCCCCCCC)CC(=O)NC(CCOP(=O)(Oc1ccccc1)Oc1ccccc1)C(=O)OCc1ccccc1. The second-order valence-corrected chi connectivity index (χ2v) is 17.1. The summed E-state index contributed by atoms with van der Waals surface area (Å²) in [5.74, 6) is -0.899. The summed E-state index contributed by atoms with van der Waals surface area (Å²) in [6, 6.07) is 25.1. The first kappa shape index (κ1) is 50.2. The Morgan fingerprint density at radius 1 is 0.583 bits per heavy atom. The van der Waals surface area contributed by atoms with Gasteiger partial charge < -0.3 is 23.8 Å². The van der Waals surface area contributed by atoms with Gasteiger partial charge in [-0.2, -0.15) is 0 Å². The van der Waals surface area contributed by atoms with E-state index in [0.29, 0.717) is 12.8 Å². The second-order valence-electron chi connectivity index (χ2n) is 15.6. The predicted molar refractivity (Wildman–Crippen MR) is 239 cm³/mol. The number of hydrogen-bond acceptors (Lipinski definition) is 9. The molecule has 3 aromatic rings. The number of ether oxygens (including phenoxy) is 2. The lowest BCUT2D eigenvalue weighted by atomic mass is 10.0. The summed E-state index contributed by atoms with van der Waals surface area (Å²) < 4.78 is 42.8. The highest BCUT2D eigenvalue weighted by atomic mass is 31.2. The van der Waals surface area contributed by atoms with Crippen molar-refractivity contribution in [1.82, 2.24) is 5.32 Å². The molecule has 3 aromatic carbocycles. The van der Waals surface area contributed by atoms with E-state index in [9.17, 15) is 18.9 Å². The fourth-order valence-corrected chi connectivity index (χ4v) is 8.05. The summed E-state index contributed by atoms with van der Waals surface area (Å²) in [5.41, 5.74) is 0.782. The number of carbonyl (C=O) groups is 3. The molecular formula is C49H72NO9P. The first-order valence-corrected chi connectivity index (χ1v) is 24.2. The molecule has 0 aliphatic heterocycles. The van der Waals surface area contributed by atoms with E-state index in [-0.39, 0.29) is 43.5 Å². The van der Waals surface area contributed by atoms with Crippen molar-refractivity contribution in [2.24, 2.45) is 0 Å². The van der Waals surface area contributed by atoms with E-state index >= 15 is 0 Å². The molecule has 0 aliphatic rings. The fourth-order valence-electron chi connectivity index (χ4n) is 6.82. The van der Waals surface area contributed by atoms with Gasteiger partial charge in [0.05, 0.1) is 13.0 Å². The van der Waals surface area contributed by atoms with Crippen LogP contribution >= 0.6 is 7.82 Å². The zero-order valence-electron chi connectivity index (χ0n) is 36.4. The van der Waals surface area contributed by atoms with E-state index in [2.05, 4.69) is 19.2 Å². The van der Waals surface area contributed by atoms with E-state index in [1.54, 1.807) is 60.7 Å². The number of amides is 1. The van der Waals surface area contributed by atoms with Crippen LogP contribution in [-0.4, -0.2) is 36.6 Å². The molecule has 1 unspecified atom stereocenters. The van der Waals surface area contributed by atoms with Gasteiger partial charge in [-0.25, -0.2) is 9.36 Å². The number of rotatable bonds is 35. The predicted octanol–water partition coefficient (Wildman–Crippen LogP) is 13.0. The topological polar surface area (TPSA) is 126 Å². The minimum Gasteiger partial charge on any atom is -0.462 e. The summed E-state index contributed by atoms with van der Waals surface area (Å²) in [7, 11) is -4.26. The molecule has 3 rings (SSSR count). The maximum Gasteiger partial charge on any atom is 0.587 e. The molecule has 11 heteroatoms. The van der Waals surface area contributed by atoms with Crippen molar-refractivity contribution in [2.75, 3.05) is 6.61 Å². The third-order valence-electron chi connectivity index (χ3n) is 10.2. The van der Waals surface area contributed by atoms with Crippen LogP contribution in [0.3, 0.4) is 0 Å². The average Bonchev–Trinajstić information content (AvgIpc) is 3.25. The van der Waals surface area contributed by atoms with Gasteiger partial charge in [-0.15, -0.1) is 0 Å². The van der Waals surface area contributed by atoms with Crippen molar-refractivity contribution in [1.29, 1.82) is 0 Å². The van der Waals surface area contributed by atoms with Gasteiger partial charge in [-0.3, -0.25) is 14.1 Å². The van der Waals surface area contributed by atoms with Crippen molar-refractivity contribution in [3.63, 3.8) is 0 Å². The molecule has 60 heavy (non-hydrogen) atoms. The number of esters is 2. The van der Waals surface area contributed by atoms with Gasteiger partial charge >= 0.3 is 19.8 Å². The van der Waals surface area contributed by atoms with E-state index in [1.807, 2.05) is 30.3 Å². The second kappa shape index (κ2) is 31.7. The molecule has 0 fully saturated rings. The molecule has 0 aliphatic carbocycles. The lowest BCUT2D eigenvalue weighted by molar-refractivity contribution is -0.153. The molecule has 0 saturated carbocycles. The molecule has 2 atom stereocenters. The molecule has 0 heterocycles. The van der Waals surface area contributed by atoms with Gasteiger partial charge in [0.25, 0.3) is 0 Å². The highest BCUT2D eigenvalue weighted by Gasteiger charge is 2.33. The number of benzene rings is 3. The van der Waals surface area contributed by atoms with Crippen LogP contribution in [0.1, 0.15) is 161 Å². The molecule has 0 radical (unpaired) electrons. The Bertz CT molecular complexity index is 1560. The van der Waals surface area contributed by atoms with Crippen LogP contribution in [0.25, 0.3) is 0 Å². The van der Waals surface area contributed by atoms with Gasteiger partial charge in [0.1, 0.15) is 30.3 Å². The Morgan fingerprint density at radius 3 is 1.57 bits per heavy atom. The quantitative estimate of drug-likeness (QED) is 0.0349. The van der Waals surface area contributed by atoms with Crippen molar-refractivity contribution in [2.45, 2.75) is 174 Å². The Hall–Kier alpha value is -4.14. The van der Waals surface area contributed by atoms with Crippen LogP contribution in [0.15, 0.2) is 91.0 Å². The monoisotopic (exact) mass is 849 g/mol. The molecule has 0 bridgehead atoms. The zero-order chi connectivity index (χ0) is 42.9. The van der Waals surface area contributed by atoms with Gasteiger partial charge in [0.2, 0.25) is 5.91 Å². The number of unbranched alkanes of at least 4 members (excludes halogenated alkanes) is 16. The van der Waals surface area contributed by atoms with Crippen LogP contribution in [0, 0.1) is 0 Å². The molecule has 0 spiro atoms. The third-order valence-corrected chi connectivity index (χ3v) is 11.6. The smallest absolute Gasteiger partial charge is 0.462 e. The van der Waals surface area contributed by atoms with Gasteiger partial charge in [0.15, 0.2) is 0 Å². The largest absolute Gasteiger partial charge is 0.587 e. The minimum absolute atomic E-state index is 0.00265. The average molecular weight is 850 g/mol. The molecule has 10 nitrogen and oxygen atoms in total. The summed E-state index contributed by atoms with van der Waals surface area (Å²) in [4.78, 5) is 40.3. The highest BCUT2D eigenvalue weighted by molar-refractivity contribution is 7.49. The molecule has 1 amide bonds. The number of phosphoric acid groups is 1. The lowest BCUT2D eigenvalue weighted by Gasteiger charge is -2.22. The van der Waals surface area contributed by atoms with Gasteiger partial charge in [0, 0.05) is 12.8 Å². The van der Waals surface area contributed by atoms with Crippen LogP contribution in [0.5, 0.6) is 11.5 Å². The first-order valence-electron chi connectivity index (χ1n) is 22.7. The number of phosphoric ester groups is 1. The highest BCUT2D eigenvalue weighted by Crippen LogP contribution is 2.49. The Kier molecular flexibility index (Phi) is 26.5. The fraction of sp³-hybridized carbons (Fsp3) is 0.571. The van der Waals surface area contributed by atoms with Crippen LogP contribution in [0.2, 0.25) is 0 Å². The maximum absolute atomic E-state index is 14.0. The van der Waals surface area contributed by atoms with Gasteiger partial charge in [-0.1, -0.05) is 183 Å². The molecule has 0 saturated heterocycles. The van der Waals surface area contributed by atoms with Crippen molar-refractivity contribution >= 4 is 25.7 Å². The van der Waals surface area contributed by atoms with E-state index in [0.717, 1.165) is 44.1 Å². The molecule has 332 valence electrons. The number of hydrogen-bond donors (Lipinski definition) is 1. The maximum atomic E-state index is 14.0. The Balaban J connectivity index is 1.64. The molecular weight excluding hydrogens is 778 g/mol. The number of nitrogens with one attached hydrogen (secondary N) is 1. The van der Waals surface area contributed by atoms with Crippen molar-refractivity contribution in [3.05, 3.63) is 96.6 Å². The third kappa shape index (κ3) is 23.6. The minimum atomic E-state index is -4.26.